The molecule has 2 aromatic carbocycles. The van der Waals surface area contributed by atoms with Gasteiger partial charge in [-0.1, -0.05) is 83.6 Å². The third-order valence-corrected chi connectivity index (χ3v) is 8.90. The van der Waals surface area contributed by atoms with Gasteiger partial charge in [0.15, 0.2) is 17.0 Å². The lowest BCUT2D eigenvalue weighted by molar-refractivity contribution is -0.164. The molecule has 3 N–H and O–H groups in total. The summed E-state index contributed by atoms with van der Waals surface area (Å²) in [5.74, 6) is -5.37. The lowest BCUT2D eigenvalue weighted by Gasteiger charge is -2.37. The van der Waals surface area contributed by atoms with Gasteiger partial charge in [-0.15, -0.1) is 0 Å². The monoisotopic (exact) mass is 674 g/mol. The molecule has 0 spiro atoms. The smallest absolute Gasteiger partial charge is 0.319 e. The SMILES string of the molecule is CCCCCCCCCc1ccc(CNC2CCC(C(=O)O)(C(=O)Nc3ccc(F)c(F)c3)C2C(CC)OC=O)cc1.CCCOC=O. The van der Waals surface area contributed by atoms with Gasteiger partial charge in [0.2, 0.25) is 5.91 Å². The molecule has 0 saturated heterocycles. The van der Waals surface area contributed by atoms with Crippen LogP contribution in [0.2, 0.25) is 0 Å². The minimum atomic E-state index is -1.95. The first-order chi connectivity index (χ1) is 23.2. The zero-order valence-corrected chi connectivity index (χ0v) is 28.5. The molecule has 4 atom stereocenters. The van der Waals surface area contributed by atoms with Crippen LogP contribution >= 0.6 is 0 Å². The van der Waals surface area contributed by atoms with Gasteiger partial charge in [0.05, 0.1) is 6.61 Å². The number of unbranched alkanes of at least 4 members (excludes halogenated alkanes) is 6. The molecule has 2 aromatic rings. The Hall–Kier alpha value is -3.86. The fraction of sp³-hybridized carbons (Fsp3) is 0.568. The van der Waals surface area contributed by atoms with Crippen LogP contribution in [0.5, 0.6) is 0 Å². The lowest BCUT2D eigenvalue weighted by Crippen LogP contribution is -2.54. The van der Waals surface area contributed by atoms with E-state index >= 15 is 0 Å². The molecular weight excluding hydrogens is 622 g/mol. The Morgan fingerprint density at radius 3 is 2.15 bits per heavy atom. The first-order valence-corrected chi connectivity index (χ1v) is 17.1. The number of rotatable bonds is 21. The lowest BCUT2D eigenvalue weighted by atomic mass is 9.72. The molecule has 0 aromatic heterocycles. The van der Waals surface area contributed by atoms with Crippen molar-refractivity contribution in [1.82, 2.24) is 5.32 Å². The van der Waals surface area contributed by atoms with Crippen LogP contribution in [0.1, 0.15) is 103 Å². The van der Waals surface area contributed by atoms with E-state index in [1.54, 1.807) is 6.92 Å². The Kier molecular flexibility index (Phi) is 18.4. The molecule has 48 heavy (non-hydrogen) atoms. The van der Waals surface area contributed by atoms with Crippen molar-refractivity contribution in [3.63, 3.8) is 0 Å². The number of halogens is 2. The number of carboxylic acids is 1. The van der Waals surface area contributed by atoms with Crippen LogP contribution < -0.4 is 10.6 Å². The third-order valence-electron chi connectivity index (χ3n) is 8.90. The zero-order valence-electron chi connectivity index (χ0n) is 28.5. The summed E-state index contributed by atoms with van der Waals surface area (Å²) in [6.07, 6.45) is 10.5. The summed E-state index contributed by atoms with van der Waals surface area (Å²) in [5, 5.41) is 16.3. The highest BCUT2D eigenvalue weighted by Crippen LogP contribution is 2.48. The molecule has 266 valence electrons. The van der Waals surface area contributed by atoms with Gasteiger partial charge in [0.25, 0.3) is 12.9 Å². The van der Waals surface area contributed by atoms with Crippen LogP contribution in [0.15, 0.2) is 42.5 Å². The first-order valence-electron chi connectivity index (χ1n) is 17.1. The Labute approximate surface area is 283 Å². The van der Waals surface area contributed by atoms with E-state index in [9.17, 15) is 33.1 Å². The number of hydrogen-bond donors (Lipinski definition) is 3. The van der Waals surface area contributed by atoms with Gasteiger partial charge in [-0.2, -0.15) is 0 Å². The van der Waals surface area contributed by atoms with E-state index in [0.29, 0.717) is 32.5 Å². The van der Waals surface area contributed by atoms with E-state index in [0.717, 1.165) is 37.0 Å². The summed E-state index contributed by atoms with van der Waals surface area (Å²) in [5.41, 5.74) is 0.276. The number of anilines is 1. The highest BCUT2D eigenvalue weighted by Gasteiger charge is 2.61. The second-order valence-corrected chi connectivity index (χ2v) is 12.2. The van der Waals surface area contributed by atoms with E-state index in [1.165, 1.54) is 50.2 Å². The predicted octanol–water partition coefficient (Wildman–Crippen LogP) is 7.36. The molecule has 3 rings (SSSR count). The van der Waals surface area contributed by atoms with Crippen molar-refractivity contribution in [2.24, 2.45) is 11.3 Å². The number of carboxylic acid groups (broad SMARTS) is 1. The number of carbonyl (C=O) groups is 4. The van der Waals surface area contributed by atoms with Crippen LogP contribution in [-0.2, 0) is 41.6 Å². The second kappa shape index (κ2) is 21.9. The van der Waals surface area contributed by atoms with E-state index in [-0.39, 0.29) is 18.6 Å². The largest absolute Gasteiger partial charge is 0.480 e. The molecule has 0 aliphatic heterocycles. The third kappa shape index (κ3) is 12.0. The molecule has 9 nitrogen and oxygen atoms in total. The van der Waals surface area contributed by atoms with Crippen molar-refractivity contribution in [3.8, 4) is 0 Å². The molecule has 1 fully saturated rings. The normalized spacial score (nSPS) is 19.0. The van der Waals surface area contributed by atoms with E-state index in [1.807, 2.05) is 19.1 Å². The number of ether oxygens (including phenoxy) is 2. The molecule has 11 heteroatoms. The summed E-state index contributed by atoms with van der Waals surface area (Å²) < 4.78 is 36.8. The molecular formula is C37H52F2N2O7. The first kappa shape index (κ1) is 40.3. The van der Waals surface area contributed by atoms with Crippen LogP contribution in [0.25, 0.3) is 0 Å². The van der Waals surface area contributed by atoms with Gasteiger partial charge >= 0.3 is 5.97 Å². The van der Waals surface area contributed by atoms with Crippen molar-refractivity contribution >= 4 is 30.5 Å². The maximum Gasteiger partial charge on any atom is 0.319 e. The minimum absolute atomic E-state index is 0.0176. The molecule has 0 radical (unpaired) electrons. The van der Waals surface area contributed by atoms with E-state index in [4.69, 9.17) is 4.74 Å². The second-order valence-electron chi connectivity index (χ2n) is 12.2. The summed E-state index contributed by atoms with van der Waals surface area (Å²) in [4.78, 5) is 47.0. The van der Waals surface area contributed by atoms with Gasteiger partial charge < -0.3 is 25.2 Å². The summed E-state index contributed by atoms with van der Waals surface area (Å²) in [6, 6.07) is 10.7. The number of aryl methyl sites for hydroxylation is 1. The van der Waals surface area contributed by atoms with Crippen LogP contribution in [0, 0.1) is 23.0 Å². The maximum atomic E-state index is 13.8. The molecule has 0 heterocycles. The summed E-state index contributed by atoms with van der Waals surface area (Å²) >= 11 is 0. The average Bonchev–Trinajstić information content (AvgIpc) is 3.48. The van der Waals surface area contributed by atoms with Crippen molar-refractivity contribution in [2.75, 3.05) is 11.9 Å². The molecule has 1 saturated carbocycles. The Balaban J connectivity index is 0.00000122. The number of benzene rings is 2. The van der Waals surface area contributed by atoms with Crippen molar-refractivity contribution < 1.29 is 42.5 Å². The summed E-state index contributed by atoms with van der Waals surface area (Å²) in [7, 11) is 0. The number of nitrogens with one attached hydrogen (secondary N) is 2. The van der Waals surface area contributed by atoms with Gasteiger partial charge in [-0.05, 0) is 61.8 Å². The van der Waals surface area contributed by atoms with Gasteiger partial charge in [0, 0.05) is 30.3 Å². The van der Waals surface area contributed by atoms with Crippen molar-refractivity contribution in [3.05, 3.63) is 65.2 Å². The van der Waals surface area contributed by atoms with Gasteiger partial charge in [0.1, 0.15) is 6.10 Å². The highest BCUT2D eigenvalue weighted by atomic mass is 19.2. The number of aliphatic carboxylic acids is 1. The molecule has 4 unspecified atom stereocenters. The van der Waals surface area contributed by atoms with Crippen molar-refractivity contribution in [1.29, 1.82) is 0 Å². The highest BCUT2D eigenvalue weighted by molar-refractivity contribution is 6.09. The minimum Gasteiger partial charge on any atom is -0.480 e. The van der Waals surface area contributed by atoms with Crippen LogP contribution in [-0.4, -0.2) is 48.7 Å². The number of carbonyl (C=O) groups excluding carboxylic acids is 3. The summed E-state index contributed by atoms with van der Waals surface area (Å²) in [6.45, 7) is 7.65. The fourth-order valence-electron chi connectivity index (χ4n) is 6.34. The molecule has 0 bridgehead atoms. The standard InChI is InChI=1S/C33H44F2N2O5.C4H8O2/c1-3-5-6-7-8-9-10-11-23-12-14-24(15-13-23)21-36-28-18-19-33(32(40)41,30(28)29(4-2)42-22-38)31(39)37-25-16-17-26(34)27(35)20-25;1-2-3-6-4-5/h12-17,20,22,28-30,36H,3-11,18-19,21H2,1-2H3,(H,37,39)(H,40,41);4H,2-3H2,1H3. The Bertz CT molecular complexity index is 1280. The van der Waals surface area contributed by atoms with Crippen molar-refractivity contribution in [2.45, 2.75) is 117 Å². The quantitative estimate of drug-likeness (QED) is 0.0712. The number of hydrogen-bond acceptors (Lipinski definition) is 7. The number of amides is 1. The van der Waals surface area contributed by atoms with E-state index < -0.39 is 47.0 Å². The predicted molar refractivity (Wildman–Crippen MR) is 180 cm³/mol. The van der Waals surface area contributed by atoms with E-state index in [2.05, 4.69) is 34.4 Å². The average molecular weight is 675 g/mol. The van der Waals surface area contributed by atoms with Crippen LogP contribution in [0.4, 0.5) is 14.5 Å². The Morgan fingerprint density at radius 1 is 0.917 bits per heavy atom. The maximum absolute atomic E-state index is 13.8. The topological polar surface area (TPSA) is 131 Å². The molecule has 1 aliphatic rings. The Morgan fingerprint density at radius 2 is 1.58 bits per heavy atom. The van der Waals surface area contributed by atoms with Gasteiger partial charge in [-0.25, -0.2) is 8.78 Å². The van der Waals surface area contributed by atoms with Crippen LogP contribution in [0.3, 0.4) is 0 Å². The fourth-order valence-corrected chi connectivity index (χ4v) is 6.34. The van der Waals surface area contributed by atoms with Gasteiger partial charge in [-0.3, -0.25) is 19.2 Å². The zero-order chi connectivity index (χ0) is 35.4. The molecule has 1 amide bonds. The molecule has 1 aliphatic carbocycles.